The Labute approximate surface area is 138 Å². The normalized spacial score (nSPS) is 12.0. The Kier molecular flexibility index (Phi) is 5.57. The number of aromatic nitrogens is 2. The van der Waals surface area contributed by atoms with Gasteiger partial charge in [-0.25, -0.2) is 9.18 Å². The summed E-state index contributed by atoms with van der Waals surface area (Å²) < 4.78 is 15.1. The fraction of sp³-hybridized carbons (Fsp3) is 0.333. The van der Waals surface area contributed by atoms with Gasteiger partial charge in [-0.3, -0.25) is 4.68 Å². The van der Waals surface area contributed by atoms with E-state index in [9.17, 15) is 14.3 Å². The average molecular weight is 341 g/mol. The van der Waals surface area contributed by atoms with Gasteiger partial charge in [0.25, 0.3) is 0 Å². The third kappa shape index (κ3) is 4.43. The summed E-state index contributed by atoms with van der Waals surface area (Å²) in [7, 11) is 1.82. The lowest BCUT2D eigenvalue weighted by atomic mass is 10.1. The van der Waals surface area contributed by atoms with Crippen molar-refractivity contribution in [3.8, 4) is 0 Å². The summed E-state index contributed by atoms with van der Waals surface area (Å²) in [4.78, 5) is 11.7. The molecular formula is C15H18ClFN4O2. The van der Waals surface area contributed by atoms with Gasteiger partial charge in [-0.15, -0.1) is 0 Å². The molecule has 0 saturated heterocycles. The number of benzene rings is 1. The molecule has 0 bridgehead atoms. The maximum atomic E-state index is 13.3. The maximum Gasteiger partial charge on any atom is 0.315 e. The summed E-state index contributed by atoms with van der Waals surface area (Å²) in [5.74, 6) is -0.611. The predicted octanol–water partition coefficient (Wildman–Crippen LogP) is 2.05. The van der Waals surface area contributed by atoms with Crippen molar-refractivity contribution in [1.82, 2.24) is 20.4 Å². The van der Waals surface area contributed by atoms with Gasteiger partial charge in [0.2, 0.25) is 0 Å². The number of carbonyl (C=O) groups is 1. The van der Waals surface area contributed by atoms with Gasteiger partial charge in [0, 0.05) is 31.4 Å². The first-order valence-electron chi connectivity index (χ1n) is 7.00. The molecular weight excluding hydrogens is 323 g/mol. The fourth-order valence-corrected chi connectivity index (χ4v) is 2.10. The molecule has 0 fully saturated rings. The van der Waals surface area contributed by atoms with E-state index in [-0.39, 0.29) is 11.6 Å². The minimum atomic E-state index is -1.02. The molecule has 1 atom stereocenters. The second kappa shape index (κ2) is 7.43. The number of nitrogens with one attached hydrogen (secondary N) is 2. The second-order valence-corrected chi connectivity index (χ2v) is 5.54. The maximum absolute atomic E-state index is 13.3. The molecule has 0 radical (unpaired) electrons. The SMILES string of the molecule is Cc1c(CNC(=O)NCC(O)c2ccc(Cl)c(F)c2)cnn1C. The van der Waals surface area contributed by atoms with Crippen LogP contribution >= 0.6 is 11.6 Å². The Balaban J connectivity index is 1.81. The summed E-state index contributed by atoms with van der Waals surface area (Å²) in [5, 5.41) is 19.2. The fourth-order valence-electron chi connectivity index (χ4n) is 1.98. The van der Waals surface area contributed by atoms with E-state index in [0.29, 0.717) is 12.1 Å². The van der Waals surface area contributed by atoms with E-state index in [1.165, 1.54) is 12.1 Å². The highest BCUT2D eigenvalue weighted by Crippen LogP contribution is 2.19. The Hall–Kier alpha value is -2.12. The van der Waals surface area contributed by atoms with E-state index in [2.05, 4.69) is 15.7 Å². The number of aryl methyl sites for hydroxylation is 1. The van der Waals surface area contributed by atoms with Gasteiger partial charge >= 0.3 is 6.03 Å². The van der Waals surface area contributed by atoms with Gasteiger partial charge in [0.05, 0.1) is 17.3 Å². The Morgan fingerprint density at radius 3 is 2.83 bits per heavy atom. The van der Waals surface area contributed by atoms with Crippen molar-refractivity contribution in [2.75, 3.05) is 6.54 Å². The van der Waals surface area contributed by atoms with Gasteiger partial charge in [-0.05, 0) is 24.6 Å². The van der Waals surface area contributed by atoms with Crippen LogP contribution in [0.5, 0.6) is 0 Å². The van der Waals surface area contributed by atoms with E-state index in [0.717, 1.165) is 17.3 Å². The minimum absolute atomic E-state index is 0.0153. The molecule has 8 heteroatoms. The third-order valence-corrected chi connectivity index (χ3v) is 3.87. The Morgan fingerprint density at radius 2 is 2.22 bits per heavy atom. The quantitative estimate of drug-likeness (QED) is 0.779. The Bertz CT molecular complexity index is 705. The van der Waals surface area contributed by atoms with E-state index >= 15 is 0 Å². The molecule has 0 aliphatic rings. The monoisotopic (exact) mass is 340 g/mol. The first-order valence-corrected chi connectivity index (χ1v) is 7.38. The second-order valence-electron chi connectivity index (χ2n) is 5.13. The molecule has 1 unspecified atom stereocenters. The molecule has 23 heavy (non-hydrogen) atoms. The lowest BCUT2D eigenvalue weighted by Gasteiger charge is -2.13. The van der Waals surface area contributed by atoms with Crippen LogP contribution in [0, 0.1) is 12.7 Å². The Morgan fingerprint density at radius 1 is 1.48 bits per heavy atom. The third-order valence-electron chi connectivity index (χ3n) is 3.56. The van der Waals surface area contributed by atoms with Crippen molar-refractivity contribution in [1.29, 1.82) is 0 Å². The predicted molar refractivity (Wildman–Crippen MR) is 84.6 cm³/mol. The molecule has 6 nitrogen and oxygen atoms in total. The number of rotatable bonds is 5. The lowest BCUT2D eigenvalue weighted by molar-refractivity contribution is 0.172. The number of hydrogen-bond donors (Lipinski definition) is 3. The molecule has 0 saturated carbocycles. The number of aliphatic hydroxyl groups is 1. The molecule has 2 aromatic rings. The highest BCUT2D eigenvalue weighted by molar-refractivity contribution is 6.30. The van der Waals surface area contributed by atoms with Gasteiger partial charge in [-0.1, -0.05) is 17.7 Å². The standard InChI is InChI=1S/C15H18ClFN4O2/c1-9-11(7-20-21(9)2)6-18-15(23)19-8-14(22)10-3-4-12(16)13(17)5-10/h3-5,7,14,22H,6,8H2,1-2H3,(H2,18,19,23). The van der Waals surface area contributed by atoms with Gasteiger partial charge in [0.15, 0.2) is 0 Å². The zero-order valence-electron chi connectivity index (χ0n) is 12.8. The number of aliphatic hydroxyl groups excluding tert-OH is 1. The molecule has 2 rings (SSSR count). The van der Waals surface area contributed by atoms with Crippen molar-refractivity contribution in [3.05, 3.63) is 52.1 Å². The molecule has 1 heterocycles. The highest BCUT2D eigenvalue weighted by Gasteiger charge is 2.12. The van der Waals surface area contributed by atoms with Crippen LogP contribution in [-0.2, 0) is 13.6 Å². The number of amides is 2. The first kappa shape index (κ1) is 17.2. The van der Waals surface area contributed by atoms with Crippen molar-refractivity contribution < 1.29 is 14.3 Å². The molecule has 0 aliphatic carbocycles. The topological polar surface area (TPSA) is 79.2 Å². The van der Waals surface area contributed by atoms with Crippen molar-refractivity contribution in [3.63, 3.8) is 0 Å². The van der Waals surface area contributed by atoms with Crippen LogP contribution in [-0.4, -0.2) is 27.5 Å². The zero-order valence-corrected chi connectivity index (χ0v) is 13.6. The summed E-state index contributed by atoms with van der Waals surface area (Å²) in [6.07, 6.45) is 0.661. The number of hydrogen-bond acceptors (Lipinski definition) is 3. The minimum Gasteiger partial charge on any atom is -0.387 e. The molecule has 124 valence electrons. The van der Waals surface area contributed by atoms with Crippen LogP contribution in [0.3, 0.4) is 0 Å². The van der Waals surface area contributed by atoms with Crippen LogP contribution in [0.15, 0.2) is 24.4 Å². The van der Waals surface area contributed by atoms with Gasteiger partial charge in [-0.2, -0.15) is 5.10 Å². The summed E-state index contributed by atoms with van der Waals surface area (Å²) in [5.41, 5.74) is 2.21. The van der Waals surface area contributed by atoms with Crippen LogP contribution < -0.4 is 10.6 Å². The first-order chi connectivity index (χ1) is 10.9. The molecule has 0 spiro atoms. The van der Waals surface area contributed by atoms with E-state index in [1.54, 1.807) is 10.9 Å². The summed E-state index contributed by atoms with van der Waals surface area (Å²) in [6, 6.07) is 3.59. The highest BCUT2D eigenvalue weighted by atomic mass is 35.5. The van der Waals surface area contributed by atoms with Gasteiger partial charge in [0.1, 0.15) is 5.82 Å². The molecule has 1 aromatic heterocycles. The number of urea groups is 1. The largest absolute Gasteiger partial charge is 0.387 e. The number of nitrogens with zero attached hydrogens (tertiary/aromatic N) is 2. The van der Waals surface area contributed by atoms with Crippen molar-refractivity contribution in [2.45, 2.75) is 19.6 Å². The summed E-state index contributed by atoms with van der Waals surface area (Å²) >= 11 is 5.58. The molecule has 0 aliphatic heterocycles. The lowest BCUT2D eigenvalue weighted by Crippen LogP contribution is -2.37. The van der Waals surface area contributed by atoms with Crippen LogP contribution in [0.25, 0.3) is 0 Å². The number of carbonyl (C=O) groups excluding carboxylic acids is 1. The van der Waals surface area contributed by atoms with Crippen LogP contribution in [0.2, 0.25) is 5.02 Å². The summed E-state index contributed by atoms with van der Waals surface area (Å²) in [6.45, 7) is 2.19. The van der Waals surface area contributed by atoms with E-state index in [4.69, 9.17) is 11.6 Å². The zero-order chi connectivity index (χ0) is 17.0. The average Bonchev–Trinajstić information content (AvgIpc) is 2.85. The van der Waals surface area contributed by atoms with Crippen LogP contribution in [0.4, 0.5) is 9.18 Å². The van der Waals surface area contributed by atoms with Crippen LogP contribution in [0.1, 0.15) is 22.9 Å². The van der Waals surface area contributed by atoms with Gasteiger partial charge < -0.3 is 15.7 Å². The molecule has 2 amide bonds. The number of halogens is 2. The van der Waals surface area contributed by atoms with Crippen molar-refractivity contribution >= 4 is 17.6 Å². The van der Waals surface area contributed by atoms with E-state index in [1.807, 2.05) is 14.0 Å². The van der Waals surface area contributed by atoms with E-state index < -0.39 is 18.0 Å². The smallest absolute Gasteiger partial charge is 0.315 e. The van der Waals surface area contributed by atoms with Crippen molar-refractivity contribution in [2.24, 2.45) is 7.05 Å². The molecule has 1 aromatic carbocycles. The molecule has 3 N–H and O–H groups in total.